The highest BCUT2D eigenvalue weighted by molar-refractivity contribution is 5.81. The maximum absolute atomic E-state index is 11.5. The highest BCUT2D eigenvalue weighted by Crippen LogP contribution is 2.25. The molecule has 22 heavy (non-hydrogen) atoms. The van der Waals surface area contributed by atoms with Crippen LogP contribution in [0.15, 0.2) is 39.5 Å². The molecule has 5 heteroatoms. The first-order chi connectivity index (χ1) is 10.5. The molecule has 2 heterocycles. The second kappa shape index (κ2) is 5.60. The highest BCUT2D eigenvalue weighted by Gasteiger charge is 2.07. The lowest BCUT2D eigenvalue weighted by molar-refractivity contribution is 0.456. The van der Waals surface area contributed by atoms with E-state index in [4.69, 9.17) is 9.15 Å². The first kappa shape index (κ1) is 14.3. The zero-order valence-corrected chi connectivity index (χ0v) is 12.7. The molecule has 1 aromatic carbocycles. The lowest BCUT2D eigenvalue weighted by Crippen LogP contribution is -1.99. The maximum atomic E-state index is 11.5. The summed E-state index contributed by atoms with van der Waals surface area (Å²) >= 11 is 0. The number of aromatic nitrogens is 2. The topological polar surface area (TPSA) is 65.2 Å². The summed E-state index contributed by atoms with van der Waals surface area (Å²) in [7, 11) is 0. The van der Waals surface area contributed by atoms with Crippen LogP contribution >= 0.6 is 0 Å². The average molecular weight is 296 g/mol. The van der Waals surface area contributed by atoms with Gasteiger partial charge in [0, 0.05) is 35.7 Å². The Balaban J connectivity index is 2.01. The Morgan fingerprint density at radius 2 is 1.95 bits per heavy atom. The monoisotopic (exact) mass is 296 g/mol. The lowest BCUT2D eigenvalue weighted by atomic mass is 10.1. The van der Waals surface area contributed by atoms with Crippen LogP contribution in [0.3, 0.4) is 0 Å². The van der Waals surface area contributed by atoms with Gasteiger partial charge in [-0.05, 0) is 31.5 Å². The van der Waals surface area contributed by atoms with Crippen LogP contribution in [0.5, 0.6) is 11.6 Å². The largest absolute Gasteiger partial charge is 0.439 e. The molecule has 0 saturated carbocycles. The smallest absolute Gasteiger partial charge is 0.336 e. The van der Waals surface area contributed by atoms with Gasteiger partial charge in [0.25, 0.3) is 0 Å². The molecule has 0 saturated heterocycles. The van der Waals surface area contributed by atoms with Crippen LogP contribution < -0.4 is 10.4 Å². The highest BCUT2D eigenvalue weighted by atomic mass is 16.5. The Morgan fingerprint density at radius 1 is 1.14 bits per heavy atom. The van der Waals surface area contributed by atoms with Crippen LogP contribution in [0.1, 0.15) is 24.0 Å². The van der Waals surface area contributed by atoms with E-state index in [0.29, 0.717) is 17.2 Å². The molecule has 0 radical (unpaired) electrons. The van der Waals surface area contributed by atoms with Crippen molar-refractivity contribution < 1.29 is 9.15 Å². The zero-order chi connectivity index (χ0) is 15.7. The van der Waals surface area contributed by atoms with E-state index in [9.17, 15) is 4.79 Å². The van der Waals surface area contributed by atoms with E-state index in [0.717, 1.165) is 28.9 Å². The number of hydrogen-bond acceptors (Lipinski definition) is 5. The summed E-state index contributed by atoms with van der Waals surface area (Å²) in [6, 6.07) is 8.66. The van der Waals surface area contributed by atoms with Crippen molar-refractivity contribution in [1.29, 1.82) is 0 Å². The van der Waals surface area contributed by atoms with E-state index in [1.165, 1.54) is 6.07 Å². The molecule has 2 aromatic heterocycles. The minimum atomic E-state index is -0.367. The molecular formula is C17H16N2O3. The van der Waals surface area contributed by atoms with E-state index in [1.54, 1.807) is 12.1 Å². The van der Waals surface area contributed by atoms with Crippen molar-refractivity contribution in [1.82, 2.24) is 9.97 Å². The third-order valence-corrected chi connectivity index (χ3v) is 3.34. The molecule has 3 rings (SSSR count). The fraction of sp³-hybridized carbons (Fsp3) is 0.235. The minimum absolute atomic E-state index is 0.367. The Kier molecular flexibility index (Phi) is 3.63. The predicted octanol–water partition coefficient (Wildman–Crippen LogP) is 3.55. The van der Waals surface area contributed by atoms with Crippen molar-refractivity contribution in [2.45, 2.75) is 27.2 Å². The van der Waals surface area contributed by atoms with Crippen molar-refractivity contribution in [2.75, 3.05) is 0 Å². The van der Waals surface area contributed by atoms with Crippen molar-refractivity contribution in [2.24, 2.45) is 0 Å². The van der Waals surface area contributed by atoms with Crippen molar-refractivity contribution in [3.8, 4) is 11.6 Å². The summed E-state index contributed by atoms with van der Waals surface area (Å²) in [5.41, 5.74) is 1.87. The molecule has 5 nitrogen and oxygen atoms in total. The number of ether oxygens (including phenoxy) is 1. The van der Waals surface area contributed by atoms with Gasteiger partial charge in [-0.15, -0.1) is 0 Å². The summed E-state index contributed by atoms with van der Waals surface area (Å²) in [4.78, 5) is 20.1. The van der Waals surface area contributed by atoms with Gasteiger partial charge in [0.2, 0.25) is 5.88 Å². The van der Waals surface area contributed by atoms with Crippen LogP contribution in [-0.4, -0.2) is 9.97 Å². The molecule has 0 aliphatic heterocycles. The normalized spacial score (nSPS) is 10.9. The Morgan fingerprint density at radius 3 is 2.73 bits per heavy atom. The Bertz CT molecular complexity index is 900. The van der Waals surface area contributed by atoms with Gasteiger partial charge in [-0.2, -0.15) is 4.98 Å². The second-order valence-electron chi connectivity index (χ2n) is 5.13. The quantitative estimate of drug-likeness (QED) is 0.691. The average Bonchev–Trinajstić information content (AvgIpc) is 2.46. The van der Waals surface area contributed by atoms with Gasteiger partial charge >= 0.3 is 5.63 Å². The molecule has 0 fully saturated rings. The predicted molar refractivity (Wildman–Crippen MR) is 83.4 cm³/mol. The number of benzene rings is 1. The van der Waals surface area contributed by atoms with Gasteiger partial charge in [-0.1, -0.05) is 6.92 Å². The molecule has 0 atom stereocenters. The Labute approximate surface area is 127 Å². The molecule has 0 bridgehead atoms. The van der Waals surface area contributed by atoms with Crippen LogP contribution in [-0.2, 0) is 6.42 Å². The molecule has 0 aliphatic rings. The molecule has 0 amide bonds. The lowest BCUT2D eigenvalue weighted by Gasteiger charge is -2.08. The molecule has 0 N–H and O–H groups in total. The number of aryl methyl sites for hydroxylation is 3. The summed E-state index contributed by atoms with van der Waals surface area (Å²) in [6.07, 6.45) is 0.740. The molecule has 0 aliphatic carbocycles. The van der Waals surface area contributed by atoms with Gasteiger partial charge in [0.1, 0.15) is 17.2 Å². The van der Waals surface area contributed by atoms with E-state index >= 15 is 0 Å². The van der Waals surface area contributed by atoms with Crippen molar-refractivity contribution in [3.05, 3.63) is 57.8 Å². The van der Waals surface area contributed by atoms with Crippen molar-refractivity contribution >= 4 is 11.0 Å². The van der Waals surface area contributed by atoms with Gasteiger partial charge in [-0.3, -0.25) is 0 Å². The molecule has 3 aromatic rings. The van der Waals surface area contributed by atoms with Gasteiger partial charge in [0.15, 0.2) is 0 Å². The summed E-state index contributed by atoms with van der Waals surface area (Å²) in [6.45, 7) is 5.77. The number of rotatable bonds is 3. The number of hydrogen-bond donors (Lipinski definition) is 0. The standard InChI is InChI=1S/C17H16N2O3/c1-4-15-18-11(3)8-16(19-15)21-12-5-6-13-10(2)7-17(20)22-14(13)9-12/h5-9H,4H2,1-3H3. The maximum Gasteiger partial charge on any atom is 0.336 e. The molecular weight excluding hydrogens is 280 g/mol. The zero-order valence-electron chi connectivity index (χ0n) is 12.7. The Hall–Kier alpha value is -2.69. The fourth-order valence-corrected chi connectivity index (χ4v) is 2.30. The fourth-order valence-electron chi connectivity index (χ4n) is 2.30. The van der Waals surface area contributed by atoms with Gasteiger partial charge < -0.3 is 9.15 Å². The summed E-state index contributed by atoms with van der Waals surface area (Å²) < 4.78 is 11.0. The van der Waals surface area contributed by atoms with Crippen molar-refractivity contribution in [3.63, 3.8) is 0 Å². The SMILES string of the molecule is CCc1nc(C)cc(Oc2ccc3c(C)cc(=O)oc3c2)n1. The van der Waals surface area contributed by atoms with E-state index in [1.807, 2.05) is 32.9 Å². The number of nitrogens with zero attached hydrogens (tertiary/aromatic N) is 2. The third kappa shape index (κ3) is 2.83. The van der Waals surface area contributed by atoms with E-state index in [-0.39, 0.29) is 5.63 Å². The van der Waals surface area contributed by atoms with Gasteiger partial charge in [0.05, 0.1) is 0 Å². The van der Waals surface area contributed by atoms with E-state index < -0.39 is 0 Å². The second-order valence-corrected chi connectivity index (χ2v) is 5.13. The molecule has 0 spiro atoms. The molecule has 0 unspecified atom stereocenters. The van der Waals surface area contributed by atoms with Crippen LogP contribution in [0.4, 0.5) is 0 Å². The van der Waals surface area contributed by atoms with Crippen LogP contribution in [0.2, 0.25) is 0 Å². The van der Waals surface area contributed by atoms with Crippen LogP contribution in [0, 0.1) is 13.8 Å². The third-order valence-electron chi connectivity index (χ3n) is 3.34. The van der Waals surface area contributed by atoms with Gasteiger partial charge in [-0.25, -0.2) is 9.78 Å². The first-order valence-corrected chi connectivity index (χ1v) is 7.12. The van der Waals surface area contributed by atoms with Crippen LogP contribution in [0.25, 0.3) is 11.0 Å². The molecule has 112 valence electrons. The van der Waals surface area contributed by atoms with E-state index in [2.05, 4.69) is 9.97 Å². The number of fused-ring (bicyclic) bond motifs is 1. The summed E-state index contributed by atoms with van der Waals surface area (Å²) in [5, 5.41) is 0.889. The minimum Gasteiger partial charge on any atom is -0.439 e. The first-order valence-electron chi connectivity index (χ1n) is 7.12. The summed E-state index contributed by atoms with van der Waals surface area (Å²) in [5.74, 6) is 1.79.